The first-order chi connectivity index (χ1) is 11.1. The van der Waals surface area contributed by atoms with E-state index in [0.717, 1.165) is 29.2 Å². The molecule has 0 N–H and O–H groups in total. The molecule has 3 nitrogen and oxygen atoms in total. The fourth-order valence-corrected chi connectivity index (χ4v) is 3.86. The Labute approximate surface area is 141 Å². The molecule has 0 saturated heterocycles. The monoisotopic (exact) mass is 328 g/mol. The summed E-state index contributed by atoms with van der Waals surface area (Å²) in [5.41, 5.74) is 2.31. The first kappa shape index (κ1) is 16.2. The lowest BCUT2D eigenvalue weighted by atomic mass is 9.96. The number of thiazole rings is 1. The third-order valence-corrected chi connectivity index (χ3v) is 5.74. The Bertz CT molecular complexity index is 753. The lowest BCUT2D eigenvalue weighted by Crippen LogP contribution is -2.21. The molecule has 4 heteroatoms. The first-order valence-electron chi connectivity index (χ1n) is 8.40. The highest BCUT2D eigenvalue weighted by atomic mass is 32.1. The van der Waals surface area contributed by atoms with E-state index in [1.54, 1.807) is 11.3 Å². The molecule has 1 heterocycles. The number of amides is 1. The van der Waals surface area contributed by atoms with Crippen LogP contribution in [0.4, 0.5) is 0 Å². The zero-order valence-electron chi connectivity index (χ0n) is 14.1. The Morgan fingerprint density at radius 3 is 2.61 bits per heavy atom. The summed E-state index contributed by atoms with van der Waals surface area (Å²) in [6, 6.07) is 9.99. The van der Waals surface area contributed by atoms with Crippen LogP contribution < -0.4 is 4.80 Å². The van der Waals surface area contributed by atoms with Crippen LogP contribution >= 0.6 is 11.3 Å². The number of hydrogen-bond donors (Lipinski definition) is 0. The third-order valence-electron chi connectivity index (χ3n) is 4.64. The van der Waals surface area contributed by atoms with Crippen LogP contribution in [0.2, 0.25) is 0 Å². The smallest absolute Gasteiger partial charge is 0.255 e. The van der Waals surface area contributed by atoms with E-state index in [1.807, 2.05) is 37.3 Å². The minimum atomic E-state index is -0.145. The number of carbonyl (C=O) groups is 1. The highest BCUT2D eigenvalue weighted by Crippen LogP contribution is 2.31. The summed E-state index contributed by atoms with van der Waals surface area (Å²) in [6.45, 7) is 7.30. The zero-order chi connectivity index (χ0) is 16.4. The molecular formula is C19H24N2OS. The molecule has 0 radical (unpaired) electrons. The molecule has 0 unspecified atom stereocenters. The van der Waals surface area contributed by atoms with Crippen molar-refractivity contribution in [1.82, 2.24) is 4.57 Å². The van der Waals surface area contributed by atoms with Crippen LogP contribution in [0.25, 0.3) is 0 Å². The second-order valence-corrected chi connectivity index (χ2v) is 7.58. The predicted molar refractivity (Wildman–Crippen MR) is 94.6 cm³/mol. The second-order valence-electron chi connectivity index (χ2n) is 6.40. The Hall–Kier alpha value is -1.68. The average molecular weight is 328 g/mol. The van der Waals surface area contributed by atoms with Gasteiger partial charge in [-0.1, -0.05) is 37.3 Å². The van der Waals surface area contributed by atoms with E-state index < -0.39 is 0 Å². The molecule has 0 spiro atoms. The quantitative estimate of drug-likeness (QED) is 0.810. The van der Waals surface area contributed by atoms with Gasteiger partial charge >= 0.3 is 0 Å². The van der Waals surface area contributed by atoms with Gasteiger partial charge in [0.2, 0.25) is 0 Å². The summed E-state index contributed by atoms with van der Waals surface area (Å²) in [4.78, 5) is 19.4. The van der Waals surface area contributed by atoms with Gasteiger partial charge in [0.05, 0.1) is 5.92 Å². The summed E-state index contributed by atoms with van der Waals surface area (Å²) < 4.78 is 2.24. The topological polar surface area (TPSA) is 34.4 Å². The van der Waals surface area contributed by atoms with Gasteiger partial charge in [-0.3, -0.25) is 4.79 Å². The van der Waals surface area contributed by atoms with E-state index >= 15 is 0 Å². The van der Waals surface area contributed by atoms with Crippen molar-refractivity contribution in [2.75, 3.05) is 0 Å². The van der Waals surface area contributed by atoms with Gasteiger partial charge in [-0.25, -0.2) is 0 Å². The highest BCUT2D eigenvalue weighted by Gasteiger charge is 2.24. The molecule has 0 aliphatic heterocycles. The molecule has 1 atom stereocenters. The fourth-order valence-electron chi connectivity index (χ4n) is 2.87. The minimum absolute atomic E-state index is 0.0236. The van der Waals surface area contributed by atoms with Crippen LogP contribution in [0.1, 0.15) is 48.2 Å². The Morgan fingerprint density at radius 1 is 1.30 bits per heavy atom. The molecule has 2 aromatic rings. The highest BCUT2D eigenvalue weighted by molar-refractivity contribution is 7.09. The van der Waals surface area contributed by atoms with Crippen molar-refractivity contribution in [1.29, 1.82) is 0 Å². The van der Waals surface area contributed by atoms with Crippen LogP contribution in [-0.4, -0.2) is 10.5 Å². The molecule has 1 saturated carbocycles. The standard InChI is InChI=1S/C19H24N2OS/c1-4-17(16-8-6-5-7-9-16)18(22)20-19-21(12-15-10-11-15)13(2)14(3)23-19/h5-9,15,17H,4,10-12H2,1-3H3/t17-/m0/s1. The van der Waals surface area contributed by atoms with Gasteiger partial charge in [0, 0.05) is 17.1 Å². The SMILES string of the molecule is CC[C@H](C(=O)N=c1sc(C)c(C)n1CC1CC1)c1ccccc1. The van der Waals surface area contributed by atoms with Crippen molar-refractivity contribution in [2.24, 2.45) is 10.9 Å². The summed E-state index contributed by atoms with van der Waals surface area (Å²) in [7, 11) is 0. The van der Waals surface area contributed by atoms with Gasteiger partial charge in [-0.05, 0) is 44.6 Å². The maximum Gasteiger partial charge on any atom is 0.255 e. The van der Waals surface area contributed by atoms with Crippen LogP contribution in [-0.2, 0) is 11.3 Å². The van der Waals surface area contributed by atoms with Gasteiger partial charge in [0.1, 0.15) is 0 Å². The second kappa shape index (κ2) is 6.83. The first-order valence-corrected chi connectivity index (χ1v) is 9.22. The van der Waals surface area contributed by atoms with Crippen molar-refractivity contribution in [3.05, 3.63) is 51.3 Å². The summed E-state index contributed by atoms with van der Waals surface area (Å²) in [5, 5.41) is 0. The molecule has 1 aliphatic rings. The maximum atomic E-state index is 12.7. The lowest BCUT2D eigenvalue weighted by Gasteiger charge is -2.11. The van der Waals surface area contributed by atoms with Crippen LogP contribution in [0, 0.1) is 19.8 Å². The average Bonchev–Trinajstić information content (AvgIpc) is 3.33. The van der Waals surface area contributed by atoms with Gasteiger partial charge in [0.25, 0.3) is 5.91 Å². The van der Waals surface area contributed by atoms with E-state index in [1.165, 1.54) is 23.4 Å². The van der Waals surface area contributed by atoms with E-state index in [-0.39, 0.29) is 11.8 Å². The number of carbonyl (C=O) groups excluding carboxylic acids is 1. The molecule has 1 aromatic carbocycles. The molecule has 122 valence electrons. The maximum absolute atomic E-state index is 12.7. The Balaban J connectivity index is 1.93. The van der Waals surface area contributed by atoms with Gasteiger partial charge in [0.15, 0.2) is 4.80 Å². The Kier molecular flexibility index (Phi) is 4.81. The van der Waals surface area contributed by atoms with Gasteiger partial charge < -0.3 is 4.57 Å². The number of aryl methyl sites for hydroxylation is 1. The van der Waals surface area contributed by atoms with Crippen molar-refractivity contribution in [3.8, 4) is 0 Å². The fraction of sp³-hybridized carbons (Fsp3) is 0.474. The van der Waals surface area contributed by atoms with Crippen LogP contribution in [0.15, 0.2) is 35.3 Å². The summed E-state index contributed by atoms with van der Waals surface area (Å²) in [6.07, 6.45) is 3.38. The van der Waals surface area contributed by atoms with Gasteiger partial charge in [-0.2, -0.15) is 4.99 Å². The number of benzene rings is 1. The zero-order valence-corrected chi connectivity index (χ0v) is 14.9. The summed E-state index contributed by atoms with van der Waals surface area (Å²) in [5.74, 6) is 0.602. The third kappa shape index (κ3) is 3.63. The van der Waals surface area contributed by atoms with Crippen LogP contribution in [0.3, 0.4) is 0 Å². The predicted octanol–water partition coefficient (Wildman–Crippen LogP) is 4.20. The van der Waals surface area contributed by atoms with Crippen LogP contribution in [0.5, 0.6) is 0 Å². The lowest BCUT2D eigenvalue weighted by molar-refractivity contribution is -0.119. The number of rotatable bonds is 5. The molecule has 0 bridgehead atoms. The molecule has 1 fully saturated rings. The molecule has 23 heavy (non-hydrogen) atoms. The van der Waals surface area contributed by atoms with Crippen molar-refractivity contribution in [3.63, 3.8) is 0 Å². The van der Waals surface area contributed by atoms with Gasteiger partial charge in [-0.15, -0.1) is 11.3 Å². The molecule has 1 aromatic heterocycles. The van der Waals surface area contributed by atoms with Crippen molar-refractivity contribution in [2.45, 2.75) is 52.5 Å². The van der Waals surface area contributed by atoms with E-state index in [4.69, 9.17) is 0 Å². The van der Waals surface area contributed by atoms with E-state index in [9.17, 15) is 4.79 Å². The van der Waals surface area contributed by atoms with E-state index in [0.29, 0.717) is 0 Å². The Morgan fingerprint density at radius 2 is 2.00 bits per heavy atom. The van der Waals surface area contributed by atoms with Crippen molar-refractivity contribution < 1.29 is 4.79 Å². The van der Waals surface area contributed by atoms with Crippen molar-refractivity contribution >= 4 is 17.2 Å². The number of aromatic nitrogens is 1. The minimum Gasteiger partial charge on any atom is -0.320 e. The number of hydrogen-bond acceptors (Lipinski definition) is 2. The molecule has 1 aliphatic carbocycles. The number of nitrogens with zero attached hydrogens (tertiary/aromatic N) is 2. The summed E-state index contributed by atoms with van der Waals surface area (Å²) >= 11 is 1.64. The molecule has 1 amide bonds. The normalized spacial score (nSPS) is 16.6. The molecule has 3 rings (SSSR count). The molecular weight excluding hydrogens is 304 g/mol. The van der Waals surface area contributed by atoms with E-state index in [2.05, 4.69) is 23.4 Å². The largest absolute Gasteiger partial charge is 0.320 e.